The van der Waals surface area contributed by atoms with Gasteiger partial charge in [-0.3, -0.25) is 4.79 Å². The van der Waals surface area contributed by atoms with E-state index >= 15 is 0 Å². The van der Waals surface area contributed by atoms with E-state index in [9.17, 15) is 4.79 Å². The van der Waals surface area contributed by atoms with Crippen LogP contribution in [0.15, 0.2) is 30.3 Å². The number of carbonyl (C=O) groups is 1. The average molecular weight is 191 g/mol. The molecular weight excluding hydrogens is 178 g/mol. The number of para-hydroxylation sites is 1. The summed E-state index contributed by atoms with van der Waals surface area (Å²) in [5.41, 5.74) is 0.945. The molecule has 3 heteroatoms. The van der Waals surface area contributed by atoms with Crippen LogP contribution in [0.25, 0.3) is 0 Å². The average Bonchev–Trinajstić information content (AvgIpc) is 3.00. The summed E-state index contributed by atoms with van der Waals surface area (Å²) in [6, 6.07) is 9.63. The van der Waals surface area contributed by atoms with Crippen LogP contribution < -0.4 is 5.32 Å². The quantitative estimate of drug-likeness (QED) is 0.737. The van der Waals surface area contributed by atoms with Gasteiger partial charge in [0.15, 0.2) is 0 Å². The summed E-state index contributed by atoms with van der Waals surface area (Å²) in [6.45, 7) is 0.251. The van der Waals surface area contributed by atoms with Crippen LogP contribution in [0.4, 0.5) is 5.69 Å². The molecule has 0 saturated heterocycles. The Morgan fingerprint density at radius 2 is 2.07 bits per heavy atom. The monoisotopic (exact) mass is 191 g/mol. The summed E-state index contributed by atoms with van der Waals surface area (Å²) in [7, 11) is 0. The number of nitrogens with one attached hydrogen (secondary N) is 1. The molecule has 2 rings (SSSR count). The van der Waals surface area contributed by atoms with Crippen LogP contribution in [-0.2, 0) is 9.53 Å². The second-order valence-electron chi connectivity index (χ2n) is 3.41. The van der Waals surface area contributed by atoms with Crippen LogP contribution in [0, 0.1) is 0 Å². The molecule has 1 aromatic rings. The van der Waals surface area contributed by atoms with Crippen LogP contribution in [-0.4, -0.2) is 18.6 Å². The number of ether oxygens (including phenoxy) is 1. The lowest BCUT2D eigenvalue weighted by atomic mass is 10.3. The highest BCUT2D eigenvalue weighted by Gasteiger charge is 2.25. The van der Waals surface area contributed by atoms with Gasteiger partial charge in [-0.05, 0) is 25.0 Å². The highest BCUT2D eigenvalue weighted by Crippen LogP contribution is 2.23. The van der Waals surface area contributed by atoms with Crippen molar-refractivity contribution >= 4 is 11.7 Å². The molecule has 0 amide bonds. The van der Waals surface area contributed by atoms with E-state index in [1.54, 1.807) is 0 Å². The Kier molecular flexibility index (Phi) is 2.68. The summed E-state index contributed by atoms with van der Waals surface area (Å²) < 4.78 is 5.08. The summed E-state index contributed by atoms with van der Waals surface area (Å²) in [5, 5.41) is 3.00. The molecule has 0 aromatic heterocycles. The number of carbonyl (C=O) groups excluding carboxylic acids is 1. The molecule has 1 aliphatic carbocycles. The zero-order valence-corrected chi connectivity index (χ0v) is 7.90. The third-order valence-electron chi connectivity index (χ3n) is 2.03. The summed E-state index contributed by atoms with van der Waals surface area (Å²) in [5.74, 6) is -0.170. The van der Waals surface area contributed by atoms with E-state index in [1.165, 1.54) is 0 Å². The van der Waals surface area contributed by atoms with Gasteiger partial charge in [-0.2, -0.15) is 0 Å². The molecule has 0 unspecified atom stereocenters. The smallest absolute Gasteiger partial charge is 0.325 e. The first-order valence-corrected chi connectivity index (χ1v) is 4.83. The van der Waals surface area contributed by atoms with E-state index in [2.05, 4.69) is 5.32 Å². The largest absolute Gasteiger partial charge is 0.461 e. The Hall–Kier alpha value is -1.51. The number of benzene rings is 1. The van der Waals surface area contributed by atoms with Gasteiger partial charge in [-0.15, -0.1) is 0 Å². The van der Waals surface area contributed by atoms with Crippen LogP contribution in [0.5, 0.6) is 0 Å². The fourth-order valence-corrected chi connectivity index (χ4v) is 1.14. The summed E-state index contributed by atoms with van der Waals surface area (Å²) >= 11 is 0. The minimum Gasteiger partial charge on any atom is -0.461 e. The molecule has 3 nitrogen and oxygen atoms in total. The molecule has 0 bridgehead atoms. The van der Waals surface area contributed by atoms with Crippen molar-refractivity contribution in [1.82, 2.24) is 0 Å². The molecule has 1 N–H and O–H groups in total. The van der Waals surface area contributed by atoms with Crippen molar-refractivity contribution in [2.45, 2.75) is 18.9 Å². The Bertz CT molecular complexity index is 306. The second kappa shape index (κ2) is 4.13. The molecule has 0 aliphatic heterocycles. The molecule has 0 radical (unpaired) electrons. The van der Waals surface area contributed by atoms with Gasteiger partial charge in [0.2, 0.25) is 0 Å². The number of hydrogen-bond donors (Lipinski definition) is 1. The van der Waals surface area contributed by atoms with Crippen LogP contribution in [0.3, 0.4) is 0 Å². The van der Waals surface area contributed by atoms with Gasteiger partial charge in [0.1, 0.15) is 12.6 Å². The standard InChI is InChI=1S/C11H13NO2/c13-11(14-10-6-7-10)8-12-9-4-2-1-3-5-9/h1-5,10,12H,6-8H2. The van der Waals surface area contributed by atoms with Gasteiger partial charge >= 0.3 is 5.97 Å². The number of hydrogen-bond acceptors (Lipinski definition) is 3. The van der Waals surface area contributed by atoms with Crippen molar-refractivity contribution in [1.29, 1.82) is 0 Å². The Morgan fingerprint density at radius 1 is 1.36 bits per heavy atom. The van der Waals surface area contributed by atoms with Crippen molar-refractivity contribution in [2.24, 2.45) is 0 Å². The second-order valence-corrected chi connectivity index (χ2v) is 3.41. The maximum absolute atomic E-state index is 11.2. The number of rotatable bonds is 4. The molecule has 1 fully saturated rings. The summed E-state index contributed by atoms with van der Waals surface area (Å²) in [6.07, 6.45) is 2.24. The first-order valence-electron chi connectivity index (χ1n) is 4.83. The molecule has 74 valence electrons. The van der Waals surface area contributed by atoms with Crippen molar-refractivity contribution in [3.63, 3.8) is 0 Å². The number of anilines is 1. The van der Waals surface area contributed by atoms with E-state index in [0.29, 0.717) is 0 Å². The molecule has 1 aliphatic rings. The molecule has 1 aromatic carbocycles. The van der Waals surface area contributed by atoms with E-state index in [4.69, 9.17) is 4.74 Å². The third kappa shape index (κ3) is 2.76. The van der Waals surface area contributed by atoms with Crippen LogP contribution in [0.2, 0.25) is 0 Å². The van der Waals surface area contributed by atoms with E-state index in [0.717, 1.165) is 18.5 Å². The first-order chi connectivity index (χ1) is 6.84. The van der Waals surface area contributed by atoms with Crippen LogP contribution in [0.1, 0.15) is 12.8 Å². The maximum atomic E-state index is 11.2. The van der Waals surface area contributed by atoms with Crippen molar-refractivity contribution in [3.05, 3.63) is 30.3 Å². The lowest BCUT2D eigenvalue weighted by Gasteiger charge is -2.05. The van der Waals surface area contributed by atoms with E-state index < -0.39 is 0 Å². The molecular formula is C11H13NO2. The highest BCUT2D eigenvalue weighted by atomic mass is 16.5. The minimum absolute atomic E-state index is 0.170. The lowest BCUT2D eigenvalue weighted by Crippen LogP contribution is -2.17. The maximum Gasteiger partial charge on any atom is 0.325 e. The zero-order valence-electron chi connectivity index (χ0n) is 7.90. The fraction of sp³-hybridized carbons (Fsp3) is 0.364. The minimum atomic E-state index is -0.170. The number of esters is 1. The molecule has 1 saturated carbocycles. The Morgan fingerprint density at radius 3 is 2.71 bits per heavy atom. The topological polar surface area (TPSA) is 38.3 Å². The molecule has 0 spiro atoms. The van der Waals surface area contributed by atoms with Gasteiger partial charge in [0.05, 0.1) is 0 Å². The molecule has 14 heavy (non-hydrogen) atoms. The third-order valence-corrected chi connectivity index (χ3v) is 2.03. The molecule has 0 atom stereocenters. The highest BCUT2D eigenvalue weighted by molar-refractivity contribution is 5.75. The van der Waals surface area contributed by atoms with E-state index in [1.807, 2.05) is 30.3 Å². The Balaban J connectivity index is 1.73. The van der Waals surface area contributed by atoms with Gasteiger partial charge in [0, 0.05) is 5.69 Å². The normalized spacial score (nSPS) is 14.9. The van der Waals surface area contributed by atoms with Crippen molar-refractivity contribution < 1.29 is 9.53 Å². The van der Waals surface area contributed by atoms with Crippen LogP contribution >= 0.6 is 0 Å². The first kappa shape index (κ1) is 9.06. The SMILES string of the molecule is O=C(CNc1ccccc1)OC1CC1. The van der Waals surface area contributed by atoms with Crippen molar-refractivity contribution in [2.75, 3.05) is 11.9 Å². The lowest BCUT2D eigenvalue weighted by molar-refractivity contribution is -0.142. The Labute approximate surface area is 83.1 Å². The zero-order chi connectivity index (χ0) is 9.80. The van der Waals surface area contributed by atoms with Gasteiger partial charge < -0.3 is 10.1 Å². The van der Waals surface area contributed by atoms with E-state index in [-0.39, 0.29) is 18.6 Å². The molecule has 0 heterocycles. The van der Waals surface area contributed by atoms with Gasteiger partial charge in [-0.1, -0.05) is 18.2 Å². The fourth-order valence-electron chi connectivity index (χ4n) is 1.14. The summed E-state index contributed by atoms with van der Waals surface area (Å²) in [4.78, 5) is 11.2. The van der Waals surface area contributed by atoms with Gasteiger partial charge in [-0.25, -0.2) is 0 Å². The predicted octanol–water partition coefficient (Wildman–Crippen LogP) is 1.80. The van der Waals surface area contributed by atoms with Gasteiger partial charge in [0.25, 0.3) is 0 Å². The predicted molar refractivity (Wildman–Crippen MR) is 54.0 cm³/mol. The van der Waals surface area contributed by atoms with Crippen molar-refractivity contribution in [3.8, 4) is 0 Å².